The molecule has 0 fully saturated rings. The van der Waals surface area contributed by atoms with Gasteiger partial charge in [0.05, 0.1) is 17.6 Å². The molecule has 1 unspecified atom stereocenters. The van der Waals surface area contributed by atoms with Crippen molar-refractivity contribution in [1.29, 1.82) is 0 Å². The minimum Gasteiger partial charge on any atom is -0.394 e. The molecule has 3 N–H and O–H groups in total. The quantitative estimate of drug-likeness (QED) is 0.636. The number of carbonyl (C=O) groups excluding carboxylic acids is 1. The lowest BCUT2D eigenvalue weighted by Gasteiger charge is -2.36. The van der Waals surface area contributed by atoms with E-state index in [0.717, 1.165) is 12.0 Å². The maximum absolute atomic E-state index is 11.4. The van der Waals surface area contributed by atoms with Crippen molar-refractivity contribution in [2.45, 2.75) is 19.0 Å². The second-order valence-corrected chi connectivity index (χ2v) is 6.08. The summed E-state index contributed by atoms with van der Waals surface area (Å²) in [4.78, 5) is 24.2. The number of aliphatic hydroxyl groups excluding tert-OH is 1. The molecule has 1 aliphatic rings. The number of nitrogens with zero attached hydrogens (tertiary/aromatic N) is 2. The van der Waals surface area contributed by atoms with Gasteiger partial charge in [-0.05, 0) is 23.6 Å². The zero-order valence-corrected chi connectivity index (χ0v) is 13.6. The highest BCUT2D eigenvalue weighted by Gasteiger charge is 2.28. The normalized spacial score (nSPS) is 17.1. The van der Waals surface area contributed by atoms with Gasteiger partial charge in [-0.15, -0.1) is 0 Å². The second-order valence-electron chi connectivity index (χ2n) is 6.08. The van der Waals surface area contributed by atoms with Crippen LogP contribution in [0.5, 0.6) is 0 Å². The van der Waals surface area contributed by atoms with Crippen molar-refractivity contribution in [3.63, 3.8) is 0 Å². The molecule has 1 heterocycles. The summed E-state index contributed by atoms with van der Waals surface area (Å²) in [6.45, 7) is 0.941. The van der Waals surface area contributed by atoms with Crippen LogP contribution in [0.15, 0.2) is 42.5 Å². The summed E-state index contributed by atoms with van der Waals surface area (Å²) < 4.78 is 0. The molecule has 2 aromatic carbocycles. The maximum Gasteiger partial charge on any atom is 0.274 e. The van der Waals surface area contributed by atoms with E-state index >= 15 is 0 Å². The fourth-order valence-corrected chi connectivity index (χ4v) is 3.35. The molecule has 0 spiro atoms. The van der Waals surface area contributed by atoms with E-state index in [0.29, 0.717) is 18.7 Å². The van der Waals surface area contributed by atoms with Gasteiger partial charge in [0.15, 0.2) is 0 Å². The molecule has 0 saturated heterocycles. The van der Waals surface area contributed by atoms with E-state index in [1.54, 1.807) is 6.07 Å². The predicted molar refractivity (Wildman–Crippen MR) is 92.0 cm³/mol. The van der Waals surface area contributed by atoms with Crippen molar-refractivity contribution in [3.8, 4) is 0 Å². The largest absolute Gasteiger partial charge is 0.394 e. The summed E-state index contributed by atoms with van der Waals surface area (Å²) in [5.74, 6) is -0.699. The first kappa shape index (κ1) is 17.1. The van der Waals surface area contributed by atoms with Crippen LogP contribution >= 0.6 is 0 Å². The van der Waals surface area contributed by atoms with Gasteiger partial charge in [-0.2, -0.15) is 0 Å². The molecular formula is C18H19N3O4. The van der Waals surface area contributed by atoms with Crippen LogP contribution in [0.2, 0.25) is 0 Å². The summed E-state index contributed by atoms with van der Waals surface area (Å²) in [7, 11) is 0. The van der Waals surface area contributed by atoms with Crippen LogP contribution < -0.4 is 5.73 Å². The number of primary amides is 1. The zero-order chi connectivity index (χ0) is 18.0. The summed E-state index contributed by atoms with van der Waals surface area (Å²) in [5, 5.41) is 21.2. The summed E-state index contributed by atoms with van der Waals surface area (Å²) in [6, 6.07) is 12.0. The molecule has 0 radical (unpaired) electrons. The van der Waals surface area contributed by atoms with E-state index in [-0.39, 0.29) is 23.9 Å². The van der Waals surface area contributed by atoms with Crippen LogP contribution in [0.3, 0.4) is 0 Å². The number of nitro benzene ring substituents is 1. The van der Waals surface area contributed by atoms with Crippen LogP contribution in [-0.2, 0) is 13.0 Å². The van der Waals surface area contributed by atoms with Crippen LogP contribution in [0.25, 0.3) is 0 Å². The number of hydrogen-bond donors (Lipinski definition) is 2. The molecule has 1 aliphatic heterocycles. The van der Waals surface area contributed by atoms with Gasteiger partial charge in [-0.3, -0.25) is 19.8 Å². The molecule has 1 atom stereocenters. The number of benzene rings is 2. The Hall–Kier alpha value is -2.77. The Balaban J connectivity index is 1.92. The Labute approximate surface area is 144 Å². The molecule has 1 amide bonds. The lowest BCUT2D eigenvalue weighted by Crippen LogP contribution is -2.37. The van der Waals surface area contributed by atoms with Crippen LogP contribution in [0.1, 0.15) is 33.1 Å². The van der Waals surface area contributed by atoms with Crippen LogP contribution in [0, 0.1) is 10.1 Å². The molecule has 0 aromatic heterocycles. The maximum atomic E-state index is 11.4. The van der Waals surface area contributed by atoms with Crippen LogP contribution in [0.4, 0.5) is 5.69 Å². The van der Waals surface area contributed by atoms with Crippen molar-refractivity contribution < 1.29 is 14.8 Å². The molecule has 7 nitrogen and oxygen atoms in total. The van der Waals surface area contributed by atoms with E-state index in [2.05, 4.69) is 0 Å². The average molecular weight is 341 g/mol. The summed E-state index contributed by atoms with van der Waals surface area (Å²) in [6.07, 6.45) is 0.819. The summed E-state index contributed by atoms with van der Waals surface area (Å²) >= 11 is 0. The van der Waals surface area contributed by atoms with Gasteiger partial charge in [0.25, 0.3) is 5.69 Å². The lowest BCUT2D eigenvalue weighted by atomic mass is 9.92. The van der Waals surface area contributed by atoms with E-state index in [1.165, 1.54) is 17.7 Å². The molecule has 0 bridgehead atoms. The Kier molecular flexibility index (Phi) is 4.78. The van der Waals surface area contributed by atoms with Crippen molar-refractivity contribution in [2.75, 3.05) is 13.2 Å². The topological polar surface area (TPSA) is 110 Å². The SMILES string of the molecule is NC(=O)c1ccc(CN2CCc3ccccc3C2CO)c([N+](=O)[O-])c1. The molecule has 3 rings (SSSR count). The number of fused-ring (bicyclic) bond motifs is 1. The van der Waals surface area contributed by atoms with E-state index in [9.17, 15) is 20.0 Å². The van der Waals surface area contributed by atoms with Crippen molar-refractivity contribution in [1.82, 2.24) is 4.90 Å². The van der Waals surface area contributed by atoms with Crippen LogP contribution in [-0.4, -0.2) is 34.0 Å². The number of carbonyl (C=O) groups is 1. The average Bonchev–Trinajstić information content (AvgIpc) is 2.61. The smallest absolute Gasteiger partial charge is 0.274 e. The fraction of sp³-hybridized carbons (Fsp3) is 0.278. The predicted octanol–water partition coefficient (Wildman–Crippen LogP) is 1.79. The number of nitro groups is 1. The van der Waals surface area contributed by atoms with E-state index in [1.807, 2.05) is 29.2 Å². The lowest BCUT2D eigenvalue weighted by molar-refractivity contribution is -0.385. The Morgan fingerprint density at radius 2 is 2.08 bits per heavy atom. The number of aliphatic hydroxyl groups is 1. The van der Waals surface area contributed by atoms with Crippen molar-refractivity contribution in [3.05, 3.63) is 74.8 Å². The number of rotatable bonds is 5. The molecule has 25 heavy (non-hydrogen) atoms. The minimum atomic E-state index is -0.699. The first-order valence-corrected chi connectivity index (χ1v) is 8.01. The highest BCUT2D eigenvalue weighted by atomic mass is 16.6. The van der Waals surface area contributed by atoms with Crippen molar-refractivity contribution in [2.24, 2.45) is 5.73 Å². The van der Waals surface area contributed by atoms with Gasteiger partial charge in [0, 0.05) is 30.3 Å². The number of hydrogen-bond acceptors (Lipinski definition) is 5. The minimum absolute atomic E-state index is 0.0653. The van der Waals surface area contributed by atoms with Gasteiger partial charge in [0.1, 0.15) is 0 Å². The molecular weight excluding hydrogens is 322 g/mol. The third-order valence-corrected chi connectivity index (χ3v) is 4.64. The van der Waals surface area contributed by atoms with Gasteiger partial charge in [-0.25, -0.2) is 0 Å². The molecule has 2 aromatic rings. The highest BCUT2D eigenvalue weighted by Crippen LogP contribution is 2.32. The summed E-state index contributed by atoms with van der Waals surface area (Å²) in [5.41, 5.74) is 7.92. The first-order chi connectivity index (χ1) is 12.0. The Morgan fingerprint density at radius 3 is 2.76 bits per heavy atom. The molecule has 7 heteroatoms. The number of nitrogens with two attached hydrogens (primary N) is 1. The molecule has 0 saturated carbocycles. The molecule has 0 aliphatic carbocycles. The second kappa shape index (κ2) is 7.00. The third-order valence-electron chi connectivity index (χ3n) is 4.64. The van der Waals surface area contributed by atoms with Gasteiger partial charge < -0.3 is 10.8 Å². The third kappa shape index (κ3) is 3.38. The van der Waals surface area contributed by atoms with Gasteiger partial charge in [0.2, 0.25) is 5.91 Å². The Bertz CT molecular complexity index is 822. The van der Waals surface area contributed by atoms with E-state index < -0.39 is 10.8 Å². The first-order valence-electron chi connectivity index (χ1n) is 8.01. The molecule has 130 valence electrons. The van der Waals surface area contributed by atoms with Gasteiger partial charge in [-0.1, -0.05) is 30.3 Å². The number of amides is 1. The Morgan fingerprint density at radius 1 is 1.32 bits per heavy atom. The monoisotopic (exact) mass is 341 g/mol. The van der Waals surface area contributed by atoms with Crippen molar-refractivity contribution >= 4 is 11.6 Å². The van der Waals surface area contributed by atoms with E-state index in [4.69, 9.17) is 5.73 Å². The standard InChI is InChI=1S/C18H19N3O4/c19-18(23)13-5-6-14(16(9-13)21(24)25)10-20-8-7-12-3-1-2-4-15(12)17(20)11-22/h1-6,9,17,22H,7-8,10-11H2,(H2,19,23). The fourth-order valence-electron chi connectivity index (χ4n) is 3.35. The highest BCUT2D eigenvalue weighted by molar-refractivity contribution is 5.93. The zero-order valence-electron chi connectivity index (χ0n) is 13.6. The van der Waals surface area contributed by atoms with Gasteiger partial charge >= 0.3 is 0 Å².